The van der Waals surface area contributed by atoms with Crippen molar-refractivity contribution in [1.82, 2.24) is 15.1 Å². The average Bonchev–Trinajstić information content (AvgIpc) is 2.76. The lowest BCUT2D eigenvalue weighted by Gasteiger charge is -2.39. The Labute approximate surface area is 146 Å². The number of urea groups is 1. The fourth-order valence-corrected chi connectivity index (χ4v) is 5.88. The van der Waals surface area contributed by atoms with Gasteiger partial charge in [0.25, 0.3) is 0 Å². The van der Waals surface area contributed by atoms with E-state index in [0.717, 1.165) is 50.6 Å². The first-order valence-corrected chi connectivity index (χ1v) is 9.98. The van der Waals surface area contributed by atoms with Gasteiger partial charge in [0.1, 0.15) is 0 Å². The minimum Gasteiger partial charge on any atom is -0.379 e. The fourth-order valence-electron chi connectivity index (χ4n) is 5.88. The third kappa shape index (κ3) is 3.30. The van der Waals surface area contributed by atoms with Crippen molar-refractivity contribution in [2.75, 3.05) is 32.8 Å². The molecule has 4 atom stereocenters. The van der Waals surface area contributed by atoms with E-state index in [-0.39, 0.29) is 6.03 Å². The zero-order chi connectivity index (χ0) is 16.7. The molecule has 4 bridgehead atoms. The Morgan fingerprint density at radius 1 is 1.17 bits per heavy atom. The number of fused-ring (bicyclic) bond motifs is 1. The van der Waals surface area contributed by atoms with Gasteiger partial charge in [-0.05, 0) is 63.7 Å². The quantitative estimate of drug-likeness (QED) is 0.861. The molecule has 5 heteroatoms. The van der Waals surface area contributed by atoms with Gasteiger partial charge >= 0.3 is 6.03 Å². The molecule has 24 heavy (non-hydrogen) atoms. The van der Waals surface area contributed by atoms with E-state index >= 15 is 0 Å². The van der Waals surface area contributed by atoms with Crippen LogP contribution in [0.15, 0.2) is 0 Å². The Hall–Kier alpha value is -0.810. The van der Waals surface area contributed by atoms with Crippen molar-refractivity contribution in [3.63, 3.8) is 0 Å². The van der Waals surface area contributed by atoms with Crippen molar-refractivity contribution < 1.29 is 9.53 Å². The first-order chi connectivity index (χ1) is 11.6. The SMILES string of the molecule is CC(CNC(=O)N1CC2CC3CC(C2)CC1C3)N1CCOCC1C. The van der Waals surface area contributed by atoms with Gasteiger partial charge in [-0.1, -0.05) is 0 Å². The van der Waals surface area contributed by atoms with Gasteiger partial charge in [-0.15, -0.1) is 0 Å². The van der Waals surface area contributed by atoms with Gasteiger partial charge in [0.05, 0.1) is 13.2 Å². The number of rotatable bonds is 3. The maximum absolute atomic E-state index is 12.9. The summed E-state index contributed by atoms with van der Waals surface area (Å²) < 4.78 is 5.52. The predicted molar refractivity (Wildman–Crippen MR) is 93.9 cm³/mol. The molecule has 0 radical (unpaired) electrons. The molecular formula is C19H33N3O2. The van der Waals surface area contributed by atoms with E-state index in [1.165, 1.54) is 32.1 Å². The van der Waals surface area contributed by atoms with Crippen LogP contribution in [0.25, 0.3) is 0 Å². The van der Waals surface area contributed by atoms with Crippen LogP contribution in [0.3, 0.4) is 0 Å². The van der Waals surface area contributed by atoms with Gasteiger partial charge in [-0.3, -0.25) is 4.90 Å². The van der Waals surface area contributed by atoms with Gasteiger partial charge in [0, 0.05) is 37.8 Å². The smallest absolute Gasteiger partial charge is 0.317 e. The van der Waals surface area contributed by atoms with Crippen molar-refractivity contribution in [3.05, 3.63) is 0 Å². The van der Waals surface area contributed by atoms with E-state index in [9.17, 15) is 4.79 Å². The van der Waals surface area contributed by atoms with E-state index in [1.54, 1.807) is 0 Å². The summed E-state index contributed by atoms with van der Waals surface area (Å²) in [5.41, 5.74) is 0. The maximum atomic E-state index is 12.9. The molecule has 0 spiro atoms. The van der Waals surface area contributed by atoms with E-state index in [2.05, 4.69) is 29.0 Å². The lowest BCUT2D eigenvalue weighted by molar-refractivity contribution is -0.0178. The number of hydrogen-bond donors (Lipinski definition) is 1. The molecule has 3 heterocycles. The summed E-state index contributed by atoms with van der Waals surface area (Å²) in [6.45, 7) is 8.74. The Balaban J connectivity index is 1.33. The minimum atomic E-state index is 0.181. The highest BCUT2D eigenvalue weighted by Crippen LogP contribution is 2.47. The fraction of sp³-hybridized carbons (Fsp3) is 0.947. The molecule has 0 aromatic carbocycles. The summed E-state index contributed by atoms with van der Waals surface area (Å²) in [5, 5.41) is 3.24. The van der Waals surface area contributed by atoms with E-state index in [0.29, 0.717) is 18.1 Å². The van der Waals surface area contributed by atoms with Crippen molar-refractivity contribution in [1.29, 1.82) is 0 Å². The first kappa shape index (κ1) is 16.6. The summed E-state index contributed by atoms with van der Waals surface area (Å²) in [6.07, 6.45) is 6.64. The van der Waals surface area contributed by atoms with E-state index in [1.807, 2.05) is 0 Å². The Morgan fingerprint density at radius 2 is 1.88 bits per heavy atom. The number of nitrogens with one attached hydrogen (secondary N) is 1. The highest BCUT2D eigenvalue weighted by atomic mass is 16.5. The highest BCUT2D eigenvalue weighted by molar-refractivity contribution is 5.74. The topological polar surface area (TPSA) is 44.8 Å². The van der Waals surface area contributed by atoms with E-state index < -0.39 is 0 Å². The average molecular weight is 335 g/mol. The van der Waals surface area contributed by atoms with Crippen molar-refractivity contribution >= 4 is 6.03 Å². The number of hydrogen-bond acceptors (Lipinski definition) is 3. The van der Waals surface area contributed by atoms with Crippen LogP contribution in [-0.4, -0.2) is 66.8 Å². The minimum absolute atomic E-state index is 0.181. The molecule has 3 aliphatic heterocycles. The Kier molecular flexibility index (Phi) is 4.74. The molecule has 136 valence electrons. The van der Waals surface area contributed by atoms with Crippen LogP contribution in [0.5, 0.6) is 0 Å². The van der Waals surface area contributed by atoms with Gasteiger partial charge in [-0.2, -0.15) is 0 Å². The molecule has 0 aromatic rings. The molecule has 2 saturated carbocycles. The van der Waals surface area contributed by atoms with Crippen LogP contribution in [0.1, 0.15) is 46.0 Å². The lowest BCUT2D eigenvalue weighted by atomic mass is 9.68. The number of nitrogens with zero attached hydrogens (tertiary/aromatic N) is 2. The van der Waals surface area contributed by atoms with Crippen LogP contribution in [0.2, 0.25) is 0 Å². The number of carbonyl (C=O) groups excluding carboxylic acids is 1. The predicted octanol–water partition coefficient (Wildman–Crippen LogP) is 2.32. The molecule has 5 fully saturated rings. The van der Waals surface area contributed by atoms with Gasteiger partial charge < -0.3 is 15.0 Å². The molecule has 2 amide bonds. The summed E-state index contributed by atoms with van der Waals surface area (Å²) in [5.74, 6) is 2.53. The second kappa shape index (κ2) is 6.83. The van der Waals surface area contributed by atoms with E-state index in [4.69, 9.17) is 4.74 Å². The zero-order valence-corrected chi connectivity index (χ0v) is 15.2. The second-order valence-corrected chi connectivity index (χ2v) is 8.78. The third-order valence-electron chi connectivity index (χ3n) is 6.90. The van der Waals surface area contributed by atoms with Gasteiger partial charge in [-0.25, -0.2) is 4.79 Å². The molecule has 3 saturated heterocycles. The first-order valence-electron chi connectivity index (χ1n) is 9.98. The lowest BCUT2D eigenvalue weighted by Crippen LogP contribution is -2.54. The monoisotopic (exact) mass is 335 g/mol. The number of morpholine rings is 1. The number of ether oxygens (including phenoxy) is 1. The number of carbonyl (C=O) groups is 1. The molecule has 5 nitrogen and oxygen atoms in total. The third-order valence-corrected chi connectivity index (χ3v) is 6.90. The Morgan fingerprint density at radius 3 is 2.58 bits per heavy atom. The van der Waals surface area contributed by atoms with Crippen LogP contribution >= 0.6 is 0 Å². The summed E-state index contributed by atoms with van der Waals surface area (Å²) >= 11 is 0. The van der Waals surface area contributed by atoms with Crippen molar-refractivity contribution in [2.24, 2.45) is 17.8 Å². The molecular weight excluding hydrogens is 302 g/mol. The van der Waals surface area contributed by atoms with Crippen LogP contribution in [0.4, 0.5) is 4.79 Å². The largest absolute Gasteiger partial charge is 0.379 e. The normalized spacial score (nSPS) is 40.4. The Bertz CT molecular complexity index is 458. The van der Waals surface area contributed by atoms with Gasteiger partial charge in [0.2, 0.25) is 0 Å². The molecule has 0 aromatic heterocycles. The van der Waals surface area contributed by atoms with Crippen LogP contribution in [-0.2, 0) is 4.74 Å². The summed E-state index contributed by atoms with van der Waals surface area (Å²) in [6, 6.07) is 1.49. The molecule has 2 aliphatic carbocycles. The standard InChI is InChI=1S/C19H33N3O2/c1-13(21-3-4-24-12-14(21)2)10-20-19(23)22-11-17-6-15-5-16(7-17)9-18(22)8-15/h13-18H,3-12H2,1-2H3,(H,20,23). The second-order valence-electron chi connectivity index (χ2n) is 8.78. The molecule has 4 unspecified atom stereocenters. The van der Waals surface area contributed by atoms with Crippen LogP contribution in [0, 0.1) is 17.8 Å². The summed E-state index contributed by atoms with van der Waals surface area (Å²) in [7, 11) is 0. The van der Waals surface area contributed by atoms with Crippen molar-refractivity contribution in [3.8, 4) is 0 Å². The van der Waals surface area contributed by atoms with Crippen molar-refractivity contribution in [2.45, 2.75) is 64.1 Å². The molecule has 1 N–H and O–H groups in total. The van der Waals surface area contributed by atoms with Crippen LogP contribution < -0.4 is 5.32 Å². The molecule has 5 aliphatic rings. The van der Waals surface area contributed by atoms with Gasteiger partial charge in [0.15, 0.2) is 0 Å². The highest BCUT2D eigenvalue weighted by Gasteiger charge is 2.44. The maximum Gasteiger partial charge on any atom is 0.317 e. The zero-order valence-electron chi connectivity index (χ0n) is 15.2. The summed E-state index contributed by atoms with van der Waals surface area (Å²) in [4.78, 5) is 17.5. The number of amides is 2. The molecule has 5 rings (SSSR count).